The molecule has 2 unspecified atom stereocenters. The highest BCUT2D eigenvalue weighted by Gasteiger charge is 2.45. The Bertz CT molecular complexity index is 1740. The number of carbonyl (C=O) groups excluding carboxylic acids is 5. The second-order valence-corrected chi connectivity index (χ2v) is 10.9. The van der Waals surface area contributed by atoms with Crippen molar-refractivity contribution in [2.75, 3.05) is 25.0 Å². The molecule has 0 aliphatic carbocycles. The van der Waals surface area contributed by atoms with Crippen molar-refractivity contribution >= 4 is 46.2 Å². The first-order chi connectivity index (χ1) is 21.9. The Morgan fingerprint density at radius 2 is 1.84 bits per heavy atom. The van der Waals surface area contributed by atoms with Crippen molar-refractivity contribution in [1.82, 2.24) is 25.8 Å². The lowest BCUT2D eigenvalue weighted by molar-refractivity contribution is -0.136. The van der Waals surface area contributed by atoms with Crippen molar-refractivity contribution in [3.05, 3.63) is 95.5 Å². The molecule has 230 valence electrons. The zero-order valence-electron chi connectivity index (χ0n) is 24.4. The molecule has 2 aliphatic rings. The lowest BCUT2D eigenvalue weighted by Crippen LogP contribution is -2.54. The molecule has 4 heterocycles. The molecule has 2 atom stereocenters. The van der Waals surface area contributed by atoms with Crippen molar-refractivity contribution < 1.29 is 28.4 Å². The number of rotatable bonds is 12. The van der Waals surface area contributed by atoms with Gasteiger partial charge in [-0.15, -0.1) is 0 Å². The number of para-hydroxylation sites is 1. The largest absolute Gasteiger partial charge is 0.459 e. The number of unbranched alkanes of at least 4 members (excludes halogenated alkanes) is 1. The van der Waals surface area contributed by atoms with Gasteiger partial charge in [-0.3, -0.25) is 44.5 Å². The van der Waals surface area contributed by atoms with Gasteiger partial charge in [-0.25, -0.2) is 0 Å². The van der Waals surface area contributed by atoms with Gasteiger partial charge in [0, 0.05) is 43.0 Å². The van der Waals surface area contributed by atoms with E-state index in [1.165, 1.54) is 0 Å². The molecule has 5 amide bonds. The van der Waals surface area contributed by atoms with Crippen LogP contribution in [0.25, 0.3) is 11.0 Å². The van der Waals surface area contributed by atoms with Gasteiger partial charge in [0.25, 0.3) is 11.8 Å². The molecule has 2 aliphatic heterocycles. The Hall–Kier alpha value is -5.36. The van der Waals surface area contributed by atoms with E-state index in [1.807, 2.05) is 42.5 Å². The molecular formula is C33H32N6O6. The number of imide groups is 2. The molecule has 0 bridgehead atoms. The number of hydrogen-bond acceptors (Lipinski definition) is 9. The molecule has 1 saturated heterocycles. The van der Waals surface area contributed by atoms with E-state index in [0.29, 0.717) is 37.4 Å². The predicted molar refractivity (Wildman–Crippen MR) is 164 cm³/mol. The van der Waals surface area contributed by atoms with Gasteiger partial charge in [0.2, 0.25) is 17.7 Å². The highest BCUT2D eigenvalue weighted by Crippen LogP contribution is 2.32. The Kier molecular flexibility index (Phi) is 8.65. The molecule has 12 heteroatoms. The summed E-state index contributed by atoms with van der Waals surface area (Å²) in [5, 5.41) is 12.6. The summed E-state index contributed by atoms with van der Waals surface area (Å²) in [5.41, 5.74) is 2.59. The summed E-state index contributed by atoms with van der Waals surface area (Å²) in [4.78, 5) is 68.0. The number of anilines is 1. The fourth-order valence-corrected chi connectivity index (χ4v) is 5.69. The van der Waals surface area contributed by atoms with Gasteiger partial charge in [0.15, 0.2) is 0 Å². The summed E-state index contributed by atoms with van der Waals surface area (Å²) in [6.07, 6.45) is 4.97. The normalized spacial score (nSPS) is 16.9. The molecule has 4 aromatic rings. The van der Waals surface area contributed by atoms with Crippen molar-refractivity contribution in [3.63, 3.8) is 0 Å². The maximum absolute atomic E-state index is 13.2. The number of aromatic nitrogens is 1. The highest BCUT2D eigenvalue weighted by molar-refractivity contribution is 6.25. The first-order valence-electron chi connectivity index (χ1n) is 14.9. The fraction of sp³-hybridized carbons (Fsp3) is 0.273. The van der Waals surface area contributed by atoms with Crippen LogP contribution in [-0.4, -0.2) is 65.1 Å². The topological polar surface area (TPSA) is 163 Å². The molecule has 2 aromatic carbocycles. The summed E-state index contributed by atoms with van der Waals surface area (Å²) in [7, 11) is 0. The summed E-state index contributed by atoms with van der Waals surface area (Å²) >= 11 is 0. The van der Waals surface area contributed by atoms with Crippen molar-refractivity contribution in [2.45, 2.75) is 37.8 Å². The molecule has 4 N–H and O–H groups in total. The standard InChI is InChI=1S/C33H32N6O6/c40-27-13-12-24(31(42)38-27)39-32(43)22-9-5-10-23(29(22)33(39)44)35-15-3-4-16-36-28(41)19-37-30(21-8-6-14-34-18-21)26-17-20-7-1-2-11-25(20)45-26/h1-2,5-11,14,17-18,24,30,35,37H,3-4,12-13,15-16,19H2,(H,36,41)(H,38,40,42). The molecule has 2 aromatic heterocycles. The number of carbonyl (C=O) groups is 5. The second-order valence-electron chi connectivity index (χ2n) is 10.9. The second kappa shape index (κ2) is 13.1. The van der Waals surface area contributed by atoms with Crippen LogP contribution in [0.15, 0.2) is 77.5 Å². The Morgan fingerprint density at radius 3 is 2.64 bits per heavy atom. The average molecular weight is 609 g/mol. The average Bonchev–Trinajstić information content (AvgIpc) is 3.58. The van der Waals surface area contributed by atoms with E-state index >= 15 is 0 Å². The third-order valence-corrected chi connectivity index (χ3v) is 7.92. The summed E-state index contributed by atoms with van der Waals surface area (Å²) in [6.45, 7) is 1.03. The smallest absolute Gasteiger partial charge is 0.264 e. The zero-order chi connectivity index (χ0) is 31.3. The van der Waals surface area contributed by atoms with Gasteiger partial charge in [0.05, 0.1) is 23.7 Å². The van der Waals surface area contributed by atoms with Gasteiger partial charge >= 0.3 is 0 Å². The van der Waals surface area contributed by atoms with E-state index in [0.717, 1.165) is 21.4 Å². The monoisotopic (exact) mass is 608 g/mol. The van der Waals surface area contributed by atoms with Crippen molar-refractivity contribution in [3.8, 4) is 0 Å². The third kappa shape index (κ3) is 6.31. The highest BCUT2D eigenvalue weighted by atomic mass is 16.3. The van der Waals surface area contributed by atoms with Crippen LogP contribution in [-0.2, 0) is 14.4 Å². The van der Waals surface area contributed by atoms with Gasteiger partial charge < -0.3 is 15.1 Å². The van der Waals surface area contributed by atoms with E-state index in [1.54, 1.807) is 30.6 Å². The first-order valence-corrected chi connectivity index (χ1v) is 14.9. The van der Waals surface area contributed by atoms with Crippen LogP contribution in [0.4, 0.5) is 5.69 Å². The number of nitrogens with one attached hydrogen (secondary N) is 4. The maximum Gasteiger partial charge on any atom is 0.264 e. The Labute approximate surface area is 258 Å². The maximum atomic E-state index is 13.2. The van der Waals surface area contributed by atoms with E-state index in [4.69, 9.17) is 4.42 Å². The number of pyridine rings is 1. The van der Waals surface area contributed by atoms with Crippen LogP contribution in [0.2, 0.25) is 0 Å². The summed E-state index contributed by atoms with van der Waals surface area (Å²) in [6, 6.07) is 17.1. The van der Waals surface area contributed by atoms with Crippen LogP contribution in [0, 0.1) is 0 Å². The van der Waals surface area contributed by atoms with Crippen LogP contribution in [0.1, 0.15) is 63.8 Å². The molecular weight excluding hydrogens is 576 g/mol. The molecule has 45 heavy (non-hydrogen) atoms. The number of piperidine rings is 1. The lowest BCUT2D eigenvalue weighted by atomic mass is 10.0. The lowest BCUT2D eigenvalue weighted by Gasteiger charge is -2.27. The first kappa shape index (κ1) is 29.7. The quantitative estimate of drug-likeness (QED) is 0.140. The number of nitrogens with zero attached hydrogens (tertiary/aromatic N) is 2. The van der Waals surface area contributed by atoms with Crippen LogP contribution in [0.5, 0.6) is 0 Å². The third-order valence-electron chi connectivity index (χ3n) is 7.92. The van der Waals surface area contributed by atoms with Crippen LogP contribution >= 0.6 is 0 Å². The minimum absolute atomic E-state index is 0.0634. The molecule has 12 nitrogen and oxygen atoms in total. The van der Waals surface area contributed by atoms with E-state index in [2.05, 4.69) is 26.3 Å². The molecule has 0 radical (unpaired) electrons. The van der Waals surface area contributed by atoms with E-state index in [-0.39, 0.29) is 42.5 Å². The van der Waals surface area contributed by atoms with Crippen LogP contribution < -0.4 is 21.3 Å². The number of furan rings is 1. The number of fused-ring (bicyclic) bond motifs is 2. The van der Waals surface area contributed by atoms with E-state index < -0.39 is 29.7 Å². The summed E-state index contributed by atoms with van der Waals surface area (Å²) in [5.74, 6) is -1.63. The van der Waals surface area contributed by atoms with Gasteiger partial charge in [-0.05, 0) is 55.2 Å². The summed E-state index contributed by atoms with van der Waals surface area (Å²) < 4.78 is 6.06. The zero-order valence-corrected chi connectivity index (χ0v) is 24.4. The van der Waals surface area contributed by atoms with E-state index in [9.17, 15) is 24.0 Å². The van der Waals surface area contributed by atoms with Gasteiger partial charge in [-0.1, -0.05) is 30.3 Å². The minimum atomic E-state index is -1.01. The number of benzene rings is 2. The molecule has 1 fully saturated rings. The van der Waals surface area contributed by atoms with Crippen LogP contribution in [0.3, 0.4) is 0 Å². The fourth-order valence-electron chi connectivity index (χ4n) is 5.69. The molecule has 6 rings (SSSR count). The molecule has 0 spiro atoms. The molecule has 0 saturated carbocycles. The van der Waals surface area contributed by atoms with Crippen molar-refractivity contribution in [1.29, 1.82) is 0 Å². The number of hydrogen-bond donors (Lipinski definition) is 4. The Balaban J connectivity index is 0.980. The predicted octanol–water partition coefficient (Wildman–Crippen LogP) is 2.92. The Morgan fingerprint density at radius 1 is 1.00 bits per heavy atom. The SMILES string of the molecule is O=C(CNC(c1cccnc1)c1cc2ccccc2o1)NCCCCNc1cccc2c1C(=O)N(C1CCC(=O)NC1=O)C2=O. The minimum Gasteiger partial charge on any atom is -0.459 e. The van der Waals surface area contributed by atoms with Gasteiger partial charge in [0.1, 0.15) is 17.4 Å². The van der Waals surface area contributed by atoms with Crippen molar-refractivity contribution in [2.24, 2.45) is 0 Å². The number of amides is 5. The van der Waals surface area contributed by atoms with Gasteiger partial charge in [-0.2, -0.15) is 0 Å².